The van der Waals surface area contributed by atoms with Gasteiger partial charge in [-0.2, -0.15) is 13.2 Å². The predicted octanol–water partition coefficient (Wildman–Crippen LogP) is 5.04. The molecule has 0 saturated carbocycles. The summed E-state index contributed by atoms with van der Waals surface area (Å²) in [5.41, 5.74) is 7.52. The van der Waals surface area contributed by atoms with E-state index in [2.05, 4.69) is 0 Å². The Morgan fingerprint density at radius 1 is 1.20 bits per heavy atom. The first kappa shape index (κ1) is 12.6. The second-order valence-corrected chi connectivity index (χ2v) is 3.86. The van der Waals surface area contributed by atoms with Crippen LogP contribution in [0.25, 0.3) is 5.73 Å². The summed E-state index contributed by atoms with van der Waals surface area (Å²) in [6, 6.07) is 2.68. The molecule has 0 spiro atoms. The molecule has 84 valence electrons. The third-order valence-electron chi connectivity index (χ3n) is 1.78. The van der Waals surface area contributed by atoms with Crippen LogP contribution in [0.5, 0.6) is 0 Å². The van der Waals surface area contributed by atoms with E-state index < -0.39 is 18.6 Å². The highest BCUT2D eigenvalue weighted by molar-refractivity contribution is 6.42. The lowest BCUT2D eigenvalue weighted by molar-refractivity contribution is -0.136. The zero-order valence-corrected chi connectivity index (χ0v) is 8.92. The number of nitrogens with one attached hydrogen (secondary N) is 1. The van der Waals surface area contributed by atoms with Gasteiger partial charge in [0.15, 0.2) is 0 Å². The predicted molar refractivity (Wildman–Crippen MR) is 54.2 cm³/mol. The molecular formula is C9H7Cl2F3N-. The highest BCUT2D eigenvalue weighted by atomic mass is 35.5. The van der Waals surface area contributed by atoms with Crippen LogP contribution < -0.4 is 0 Å². The molecule has 0 radical (unpaired) electrons. The van der Waals surface area contributed by atoms with Gasteiger partial charge in [0.1, 0.15) is 0 Å². The standard InChI is InChI=1S/C9H7Cl2F3N/c10-6-2-1-5(3-7(6)11)8(15)4-9(12,13)14/h1-3,8,15H,4H2/q-1/t8-/m0/s1. The molecule has 6 heteroatoms. The lowest BCUT2D eigenvalue weighted by Crippen LogP contribution is -2.11. The molecule has 0 unspecified atom stereocenters. The molecule has 0 bridgehead atoms. The number of alkyl halides is 3. The number of rotatable bonds is 2. The van der Waals surface area contributed by atoms with Crippen molar-refractivity contribution >= 4 is 23.2 Å². The van der Waals surface area contributed by atoms with Gasteiger partial charge in [0.25, 0.3) is 0 Å². The lowest BCUT2D eigenvalue weighted by Gasteiger charge is -2.22. The first-order valence-corrected chi connectivity index (χ1v) is 4.78. The van der Waals surface area contributed by atoms with Crippen LogP contribution in [0.3, 0.4) is 0 Å². The van der Waals surface area contributed by atoms with Crippen LogP contribution in [-0.4, -0.2) is 6.18 Å². The van der Waals surface area contributed by atoms with E-state index in [1.165, 1.54) is 18.2 Å². The Kier molecular flexibility index (Phi) is 3.87. The molecule has 1 N–H and O–H groups in total. The van der Waals surface area contributed by atoms with Gasteiger partial charge in [-0.3, -0.25) is 0 Å². The summed E-state index contributed by atoms with van der Waals surface area (Å²) in [6.45, 7) is 0. The smallest absolute Gasteiger partial charge is 0.388 e. The molecule has 0 amide bonds. The zero-order valence-electron chi connectivity index (χ0n) is 7.41. The van der Waals surface area contributed by atoms with Crippen LogP contribution in [0, 0.1) is 0 Å². The van der Waals surface area contributed by atoms with E-state index in [1.807, 2.05) is 0 Å². The summed E-state index contributed by atoms with van der Waals surface area (Å²) in [5.74, 6) is 0. The summed E-state index contributed by atoms with van der Waals surface area (Å²) in [7, 11) is 0. The average molecular weight is 257 g/mol. The van der Waals surface area contributed by atoms with Crippen molar-refractivity contribution in [3.05, 3.63) is 39.5 Å². The molecule has 1 nitrogen and oxygen atoms in total. The lowest BCUT2D eigenvalue weighted by atomic mass is 10.0. The number of hydrogen-bond donors (Lipinski definition) is 0. The van der Waals surface area contributed by atoms with Crippen LogP contribution in [-0.2, 0) is 0 Å². The van der Waals surface area contributed by atoms with E-state index >= 15 is 0 Å². The maximum atomic E-state index is 12.0. The Balaban J connectivity index is 2.83. The van der Waals surface area contributed by atoms with Gasteiger partial charge in [-0.1, -0.05) is 34.8 Å². The van der Waals surface area contributed by atoms with E-state index in [4.69, 9.17) is 28.9 Å². The fourth-order valence-corrected chi connectivity index (χ4v) is 1.38. The highest BCUT2D eigenvalue weighted by Gasteiger charge is 2.28. The van der Waals surface area contributed by atoms with Crippen molar-refractivity contribution in [2.75, 3.05) is 0 Å². The summed E-state index contributed by atoms with van der Waals surface area (Å²) in [5, 5.41) is 0.424. The Morgan fingerprint density at radius 2 is 1.80 bits per heavy atom. The minimum atomic E-state index is -4.35. The molecule has 0 aromatic heterocycles. The van der Waals surface area contributed by atoms with Gasteiger partial charge >= 0.3 is 6.18 Å². The molecule has 15 heavy (non-hydrogen) atoms. The van der Waals surface area contributed by atoms with E-state index in [0.717, 1.165) is 0 Å². The molecule has 0 saturated heterocycles. The molecule has 0 heterocycles. The van der Waals surface area contributed by atoms with Crippen LogP contribution in [0.15, 0.2) is 18.2 Å². The Bertz CT molecular complexity index is 352. The van der Waals surface area contributed by atoms with Crippen molar-refractivity contribution in [1.29, 1.82) is 0 Å². The fourth-order valence-electron chi connectivity index (χ4n) is 1.08. The second-order valence-electron chi connectivity index (χ2n) is 3.05. The molecule has 0 aliphatic rings. The first-order chi connectivity index (χ1) is 6.79. The molecule has 0 aliphatic carbocycles. The summed E-state index contributed by atoms with van der Waals surface area (Å²) in [4.78, 5) is 0. The second kappa shape index (κ2) is 4.60. The van der Waals surface area contributed by atoms with Crippen molar-refractivity contribution in [3.63, 3.8) is 0 Å². The SMILES string of the molecule is [NH-][C@@H](CC(F)(F)F)c1ccc(Cl)c(Cl)c1. The van der Waals surface area contributed by atoms with Gasteiger partial charge in [-0.25, -0.2) is 0 Å². The quantitative estimate of drug-likeness (QED) is 0.708. The van der Waals surface area contributed by atoms with Crippen molar-refractivity contribution in [3.8, 4) is 0 Å². The molecular weight excluding hydrogens is 250 g/mol. The van der Waals surface area contributed by atoms with Gasteiger partial charge in [-0.05, 0) is 12.1 Å². The highest BCUT2D eigenvalue weighted by Crippen LogP contribution is 2.33. The monoisotopic (exact) mass is 256 g/mol. The van der Waals surface area contributed by atoms with Crippen LogP contribution >= 0.6 is 23.2 Å². The molecule has 1 rings (SSSR count). The summed E-state index contributed by atoms with van der Waals surface area (Å²) < 4.78 is 36.0. The fraction of sp³-hybridized carbons (Fsp3) is 0.333. The first-order valence-electron chi connectivity index (χ1n) is 4.02. The maximum absolute atomic E-state index is 12.0. The largest absolute Gasteiger partial charge is 0.671 e. The van der Waals surface area contributed by atoms with E-state index in [0.29, 0.717) is 0 Å². The average Bonchev–Trinajstić information content (AvgIpc) is 2.06. The molecule has 1 atom stereocenters. The van der Waals surface area contributed by atoms with E-state index in [-0.39, 0.29) is 15.6 Å². The van der Waals surface area contributed by atoms with Crippen molar-refractivity contribution in [2.24, 2.45) is 0 Å². The third-order valence-corrected chi connectivity index (χ3v) is 2.52. The number of halogens is 5. The van der Waals surface area contributed by atoms with Crippen LogP contribution in [0.1, 0.15) is 18.0 Å². The van der Waals surface area contributed by atoms with Crippen molar-refractivity contribution in [2.45, 2.75) is 18.6 Å². The van der Waals surface area contributed by atoms with E-state index in [9.17, 15) is 13.2 Å². The Hall–Kier alpha value is -0.450. The Morgan fingerprint density at radius 3 is 2.27 bits per heavy atom. The van der Waals surface area contributed by atoms with Gasteiger partial charge in [0, 0.05) is 6.42 Å². The molecule has 1 aromatic carbocycles. The van der Waals surface area contributed by atoms with E-state index in [1.54, 1.807) is 0 Å². The third kappa shape index (κ3) is 3.89. The molecule has 0 fully saturated rings. The minimum Gasteiger partial charge on any atom is -0.671 e. The zero-order chi connectivity index (χ0) is 11.6. The van der Waals surface area contributed by atoms with Gasteiger partial charge in [0.2, 0.25) is 0 Å². The van der Waals surface area contributed by atoms with Gasteiger partial charge in [0.05, 0.1) is 10.0 Å². The van der Waals surface area contributed by atoms with Crippen LogP contribution in [0.2, 0.25) is 10.0 Å². The topological polar surface area (TPSA) is 23.8 Å². The normalized spacial score (nSPS) is 14.0. The summed E-state index contributed by atoms with van der Waals surface area (Å²) in [6.07, 6.45) is -5.54. The van der Waals surface area contributed by atoms with Gasteiger partial charge < -0.3 is 5.73 Å². The number of hydrogen-bond acceptors (Lipinski definition) is 0. The molecule has 0 aliphatic heterocycles. The minimum absolute atomic E-state index is 0.161. The maximum Gasteiger partial charge on any atom is 0.388 e. The van der Waals surface area contributed by atoms with Crippen LogP contribution in [0.4, 0.5) is 13.2 Å². The Labute approximate surface area is 95.0 Å². The summed E-state index contributed by atoms with van der Waals surface area (Å²) >= 11 is 11.2. The van der Waals surface area contributed by atoms with Crippen molar-refractivity contribution in [1.82, 2.24) is 0 Å². The number of benzene rings is 1. The van der Waals surface area contributed by atoms with Gasteiger partial charge in [-0.15, -0.1) is 6.04 Å². The van der Waals surface area contributed by atoms with Crippen molar-refractivity contribution < 1.29 is 13.2 Å². The molecule has 1 aromatic rings.